The van der Waals surface area contributed by atoms with Gasteiger partial charge in [0, 0.05) is 18.2 Å². The van der Waals surface area contributed by atoms with Crippen molar-refractivity contribution in [2.75, 3.05) is 25.2 Å². The first-order chi connectivity index (χ1) is 13.9. The van der Waals surface area contributed by atoms with Crippen molar-refractivity contribution in [1.82, 2.24) is 4.90 Å². The molecule has 1 amide bonds. The van der Waals surface area contributed by atoms with Gasteiger partial charge in [0.15, 0.2) is 9.84 Å². The van der Waals surface area contributed by atoms with Gasteiger partial charge in [-0.1, -0.05) is 25.1 Å². The van der Waals surface area contributed by atoms with Crippen LogP contribution in [0.1, 0.15) is 35.7 Å². The zero-order valence-corrected chi connectivity index (χ0v) is 17.7. The van der Waals surface area contributed by atoms with Gasteiger partial charge in [0.05, 0.1) is 25.2 Å². The highest BCUT2D eigenvalue weighted by molar-refractivity contribution is 7.91. The van der Waals surface area contributed by atoms with Crippen LogP contribution in [0.3, 0.4) is 0 Å². The average molecular weight is 418 g/mol. The predicted octanol–water partition coefficient (Wildman–Crippen LogP) is 3.31. The van der Waals surface area contributed by atoms with Crippen LogP contribution in [0.25, 0.3) is 0 Å². The maximum Gasteiger partial charge on any atom is 0.254 e. The standard InChI is InChI=1S/C22H27NO5S/c1-3-11-28-21-9-5-7-18(14-21)22(24)23(19-10-12-29(25,26)16-19)15-17-6-4-8-20(13-17)27-2/h4-9,13-14,19H,3,10-12,15-16H2,1-2H3. The van der Waals surface area contributed by atoms with Crippen molar-refractivity contribution < 1.29 is 22.7 Å². The van der Waals surface area contributed by atoms with E-state index in [1.54, 1.807) is 30.2 Å². The SMILES string of the molecule is CCCOc1cccc(C(=O)N(Cc2cccc(OC)c2)C2CCS(=O)(=O)C2)c1. The van der Waals surface area contributed by atoms with E-state index in [4.69, 9.17) is 9.47 Å². The summed E-state index contributed by atoms with van der Waals surface area (Å²) in [5.41, 5.74) is 1.38. The van der Waals surface area contributed by atoms with E-state index in [1.165, 1.54) is 0 Å². The van der Waals surface area contributed by atoms with E-state index in [9.17, 15) is 13.2 Å². The van der Waals surface area contributed by atoms with Crippen LogP contribution in [-0.4, -0.2) is 50.5 Å². The Bertz CT molecular complexity index is 957. The van der Waals surface area contributed by atoms with Gasteiger partial charge in [-0.2, -0.15) is 0 Å². The van der Waals surface area contributed by atoms with E-state index in [0.717, 1.165) is 12.0 Å². The average Bonchev–Trinajstić information content (AvgIpc) is 3.09. The summed E-state index contributed by atoms with van der Waals surface area (Å²) in [5.74, 6) is 1.24. The molecule has 29 heavy (non-hydrogen) atoms. The Balaban J connectivity index is 1.88. The van der Waals surface area contributed by atoms with Crippen LogP contribution in [0, 0.1) is 0 Å². The summed E-state index contributed by atoms with van der Waals surface area (Å²) in [6.45, 7) is 2.91. The van der Waals surface area contributed by atoms with Crippen molar-refractivity contribution in [2.24, 2.45) is 0 Å². The van der Waals surface area contributed by atoms with Crippen LogP contribution in [0.4, 0.5) is 0 Å². The normalized spacial score (nSPS) is 17.7. The summed E-state index contributed by atoms with van der Waals surface area (Å²) < 4.78 is 35.0. The van der Waals surface area contributed by atoms with Crippen molar-refractivity contribution in [3.8, 4) is 11.5 Å². The van der Waals surface area contributed by atoms with Crippen molar-refractivity contribution in [3.63, 3.8) is 0 Å². The zero-order valence-electron chi connectivity index (χ0n) is 16.8. The first-order valence-electron chi connectivity index (χ1n) is 9.79. The molecule has 0 bridgehead atoms. The fraction of sp³-hybridized carbons (Fsp3) is 0.409. The number of rotatable bonds is 8. The number of benzene rings is 2. The number of ether oxygens (including phenoxy) is 2. The molecule has 1 aliphatic heterocycles. The lowest BCUT2D eigenvalue weighted by molar-refractivity contribution is 0.0680. The van der Waals surface area contributed by atoms with Crippen molar-refractivity contribution in [1.29, 1.82) is 0 Å². The minimum Gasteiger partial charge on any atom is -0.497 e. The molecule has 1 fully saturated rings. The van der Waals surface area contributed by atoms with E-state index >= 15 is 0 Å². The summed E-state index contributed by atoms with van der Waals surface area (Å²) in [7, 11) is -1.53. The number of methoxy groups -OCH3 is 1. The van der Waals surface area contributed by atoms with Gasteiger partial charge in [-0.05, 0) is 48.7 Å². The number of sulfone groups is 1. The molecule has 0 radical (unpaired) electrons. The molecule has 1 heterocycles. The van der Waals surface area contributed by atoms with Gasteiger partial charge in [0.2, 0.25) is 0 Å². The molecule has 0 spiro atoms. The fourth-order valence-corrected chi connectivity index (χ4v) is 5.19. The number of carbonyl (C=O) groups is 1. The van der Waals surface area contributed by atoms with Crippen molar-refractivity contribution >= 4 is 15.7 Å². The smallest absolute Gasteiger partial charge is 0.254 e. The summed E-state index contributed by atoms with van der Waals surface area (Å²) in [4.78, 5) is 15.0. The number of nitrogens with zero attached hydrogens (tertiary/aromatic N) is 1. The summed E-state index contributed by atoms with van der Waals surface area (Å²) in [6.07, 6.45) is 1.32. The zero-order chi connectivity index (χ0) is 20.9. The van der Waals surface area contributed by atoms with Crippen LogP contribution in [0.2, 0.25) is 0 Å². The maximum atomic E-state index is 13.4. The third-order valence-electron chi connectivity index (χ3n) is 4.95. The Hall–Kier alpha value is -2.54. The van der Waals surface area contributed by atoms with Crippen LogP contribution in [0.5, 0.6) is 11.5 Å². The van der Waals surface area contributed by atoms with Crippen LogP contribution in [0.15, 0.2) is 48.5 Å². The molecule has 6 nitrogen and oxygen atoms in total. The monoisotopic (exact) mass is 417 g/mol. The highest BCUT2D eigenvalue weighted by atomic mass is 32.2. The van der Waals surface area contributed by atoms with Gasteiger partial charge in [0.1, 0.15) is 11.5 Å². The molecule has 7 heteroatoms. The highest BCUT2D eigenvalue weighted by Gasteiger charge is 2.35. The molecule has 0 saturated carbocycles. The number of hydrogen-bond donors (Lipinski definition) is 0. The molecule has 2 aromatic carbocycles. The predicted molar refractivity (Wildman–Crippen MR) is 112 cm³/mol. The summed E-state index contributed by atoms with van der Waals surface area (Å²) in [5, 5.41) is 0. The lowest BCUT2D eigenvalue weighted by Gasteiger charge is -2.29. The molecule has 0 aromatic heterocycles. The number of carbonyl (C=O) groups excluding carboxylic acids is 1. The van der Waals surface area contributed by atoms with Gasteiger partial charge in [0.25, 0.3) is 5.91 Å². The van der Waals surface area contributed by atoms with Crippen LogP contribution < -0.4 is 9.47 Å². The Kier molecular flexibility index (Phi) is 6.79. The molecule has 1 unspecified atom stereocenters. The summed E-state index contributed by atoms with van der Waals surface area (Å²) >= 11 is 0. The molecule has 1 atom stereocenters. The van der Waals surface area contributed by atoms with Gasteiger partial charge < -0.3 is 14.4 Å². The van der Waals surface area contributed by atoms with Gasteiger partial charge in [-0.15, -0.1) is 0 Å². The Morgan fingerprint density at radius 1 is 1.14 bits per heavy atom. The first kappa shape index (κ1) is 21.2. The van der Waals surface area contributed by atoms with Crippen LogP contribution in [-0.2, 0) is 16.4 Å². The number of amides is 1. The molecular weight excluding hydrogens is 390 g/mol. The molecule has 3 rings (SSSR count). The molecule has 1 saturated heterocycles. The Morgan fingerprint density at radius 3 is 2.59 bits per heavy atom. The molecule has 0 N–H and O–H groups in total. The third-order valence-corrected chi connectivity index (χ3v) is 6.70. The topological polar surface area (TPSA) is 72.9 Å². The minimum absolute atomic E-state index is 0.00522. The minimum atomic E-state index is -3.12. The fourth-order valence-electron chi connectivity index (χ4n) is 3.46. The second-order valence-electron chi connectivity index (χ2n) is 7.22. The second kappa shape index (κ2) is 9.31. The van der Waals surface area contributed by atoms with E-state index in [-0.39, 0.29) is 23.5 Å². The lowest BCUT2D eigenvalue weighted by atomic mass is 10.1. The van der Waals surface area contributed by atoms with Crippen LogP contribution >= 0.6 is 0 Å². The van der Waals surface area contributed by atoms with Gasteiger partial charge in [-0.3, -0.25) is 4.79 Å². The summed E-state index contributed by atoms with van der Waals surface area (Å²) in [6, 6.07) is 14.2. The van der Waals surface area contributed by atoms with Crippen molar-refractivity contribution in [2.45, 2.75) is 32.4 Å². The molecular formula is C22H27NO5S. The maximum absolute atomic E-state index is 13.4. The molecule has 0 aliphatic carbocycles. The van der Waals surface area contributed by atoms with E-state index in [1.807, 2.05) is 37.3 Å². The Labute approximate surface area is 172 Å². The largest absolute Gasteiger partial charge is 0.497 e. The lowest BCUT2D eigenvalue weighted by Crippen LogP contribution is -2.40. The van der Waals surface area contributed by atoms with E-state index < -0.39 is 9.84 Å². The Morgan fingerprint density at radius 2 is 1.90 bits per heavy atom. The molecule has 2 aromatic rings. The quantitative estimate of drug-likeness (QED) is 0.659. The second-order valence-corrected chi connectivity index (χ2v) is 9.45. The highest BCUT2D eigenvalue weighted by Crippen LogP contribution is 2.25. The molecule has 1 aliphatic rings. The van der Waals surface area contributed by atoms with Gasteiger partial charge in [-0.25, -0.2) is 8.42 Å². The third kappa shape index (κ3) is 5.50. The van der Waals surface area contributed by atoms with E-state index in [2.05, 4.69) is 0 Å². The van der Waals surface area contributed by atoms with Crippen molar-refractivity contribution in [3.05, 3.63) is 59.7 Å². The van der Waals surface area contributed by atoms with Gasteiger partial charge >= 0.3 is 0 Å². The van der Waals surface area contributed by atoms with E-state index in [0.29, 0.717) is 36.6 Å². The molecule has 156 valence electrons. The first-order valence-corrected chi connectivity index (χ1v) is 11.6. The number of hydrogen-bond acceptors (Lipinski definition) is 5.